The van der Waals surface area contributed by atoms with Crippen LogP contribution in [0.15, 0.2) is 39.8 Å². The van der Waals surface area contributed by atoms with Crippen molar-refractivity contribution in [3.8, 4) is 0 Å². The minimum atomic E-state index is -3.79. The number of rotatable bonds is 5. The second-order valence-corrected chi connectivity index (χ2v) is 8.59. The summed E-state index contributed by atoms with van der Waals surface area (Å²) in [5.74, 6) is -1.33. The van der Waals surface area contributed by atoms with E-state index in [4.69, 9.17) is 11.6 Å². The van der Waals surface area contributed by atoms with Gasteiger partial charge < -0.3 is 4.98 Å². The molecule has 0 radical (unpaired) electrons. The van der Waals surface area contributed by atoms with Gasteiger partial charge in [-0.3, -0.25) is 20.4 Å². The summed E-state index contributed by atoms with van der Waals surface area (Å²) < 4.78 is 27.5. The smallest absolute Gasteiger partial charge is 0.286 e. The highest BCUT2D eigenvalue weighted by Crippen LogP contribution is 2.20. The number of carbonyl (C=O) groups is 2. The Morgan fingerprint density at radius 3 is 2.38 bits per heavy atom. The number of amides is 2. The molecule has 2 rings (SSSR count). The average Bonchev–Trinajstić information content (AvgIpc) is 2.98. The minimum Gasteiger partial charge on any atom is -0.356 e. The first-order valence-corrected chi connectivity index (χ1v) is 10.0. The molecule has 0 aliphatic heterocycles. The van der Waals surface area contributed by atoms with E-state index in [-0.39, 0.29) is 27.2 Å². The van der Waals surface area contributed by atoms with Gasteiger partial charge in [-0.25, -0.2) is 13.1 Å². The second kappa shape index (κ2) is 8.21. The summed E-state index contributed by atoms with van der Waals surface area (Å²) in [6, 6.07) is 4.94. The van der Waals surface area contributed by atoms with Gasteiger partial charge in [-0.15, -0.1) is 0 Å². The maximum absolute atomic E-state index is 12.3. The Hall–Kier alpha value is -1.88. The average molecular weight is 464 g/mol. The second-order valence-electron chi connectivity index (χ2n) is 5.56. The zero-order valence-corrected chi connectivity index (χ0v) is 16.9. The summed E-state index contributed by atoms with van der Waals surface area (Å²) in [4.78, 5) is 26.8. The van der Waals surface area contributed by atoms with E-state index < -0.39 is 21.8 Å². The molecule has 0 saturated heterocycles. The summed E-state index contributed by atoms with van der Waals surface area (Å²) >= 11 is 9.17. The number of aromatic amines is 1. The molecule has 1 aromatic heterocycles. The standard InChI is InChI=1S/C15H16BrClN4O4S/c1-8(2)21-26(24,25)10-3-4-12(17)11(6-10)14(22)19-20-15(23)13-5-9(16)7-18-13/h3-8,18,21H,1-2H3,(H,19,22)(H,20,23). The van der Waals surface area contributed by atoms with Gasteiger partial charge in [0.2, 0.25) is 10.0 Å². The highest BCUT2D eigenvalue weighted by atomic mass is 79.9. The molecule has 0 atom stereocenters. The van der Waals surface area contributed by atoms with E-state index in [9.17, 15) is 18.0 Å². The fourth-order valence-electron chi connectivity index (χ4n) is 1.97. The summed E-state index contributed by atoms with van der Waals surface area (Å²) in [5, 5.41) is 0.0443. The zero-order valence-electron chi connectivity index (χ0n) is 13.8. The van der Waals surface area contributed by atoms with Crippen LogP contribution >= 0.6 is 27.5 Å². The van der Waals surface area contributed by atoms with Crippen LogP contribution in [-0.2, 0) is 10.0 Å². The molecule has 2 amide bonds. The van der Waals surface area contributed by atoms with Gasteiger partial charge in [-0.2, -0.15) is 0 Å². The van der Waals surface area contributed by atoms with Crippen LogP contribution in [0.5, 0.6) is 0 Å². The minimum absolute atomic E-state index is 0.0443. The highest BCUT2D eigenvalue weighted by Gasteiger charge is 2.20. The molecule has 11 heteroatoms. The molecule has 1 heterocycles. The normalized spacial score (nSPS) is 11.4. The number of aromatic nitrogens is 1. The largest absolute Gasteiger partial charge is 0.356 e. The topological polar surface area (TPSA) is 120 Å². The predicted octanol–water partition coefficient (Wildman–Crippen LogP) is 2.19. The molecular formula is C15H16BrClN4O4S. The van der Waals surface area contributed by atoms with Gasteiger partial charge in [0.1, 0.15) is 5.69 Å². The molecule has 0 fully saturated rings. The van der Waals surface area contributed by atoms with Crippen molar-refractivity contribution in [2.45, 2.75) is 24.8 Å². The lowest BCUT2D eigenvalue weighted by Gasteiger charge is -2.12. The van der Waals surface area contributed by atoms with Crippen LogP contribution in [0.25, 0.3) is 0 Å². The Bertz CT molecular complexity index is 943. The summed E-state index contributed by atoms with van der Waals surface area (Å²) in [7, 11) is -3.79. The molecule has 4 N–H and O–H groups in total. The SMILES string of the molecule is CC(C)NS(=O)(=O)c1ccc(Cl)c(C(=O)NNC(=O)c2cc(Br)c[nH]2)c1. The van der Waals surface area contributed by atoms with E-state index >= 15 is 0 Å². The first-order chi connectivity index (χ1) is 12.1. The monoisotopic (exact) mass is 462 g/mol. The fourth-order valence-corrected chi connectivity index (χ4v) is 3.79. The van der Waals surface area contributed by atoms with Gasteiger partial charge >= 0.3 is 0 Å². The summed E-state index contributed by atoms with van der Waals surface area (Å²) in [5.41, 5.74) is 4.54. The Morgan fingerprint density at radius 1 is 1.15 bits per heavy atom. The lowest BCUT2D eigenvalue weighted by molar-refractivity contribution is 0.0844. The highest BCUT2D eigenvalue weighted by molar-refractivity contribution is 9.10. The number of sulfonamides is 1. The molecule has 0 spiro atoms. The van der Waals surface area contributed by atoms with Crippen LogP contribution in [0.4, 0.5) is 0 Å². The first-order valence-electron chi connectivity index (χ1n) is 7.36. The molecule has 2 aromatic rings. The third-order valence-corrected chi connectivity index (χ3v) is 5.51. The van der Waals surface area contributed by atoms with Crippen molar-refractivity contribution in [1.29, 1.82) is 0 Å². The van der Waals surface area contributed by atoms with Crippen molar-refractivity contribution in [2.75, 3.05) is 0 Å². The van der Waals surface area contributed by atoms with Crippen LogP contribution in [0, 0.1) is 0 Å². The first kappa shape index (κ1) is 20.4. The molecular weight excluding hydrogens is 448 g/mol. The third kappa shape index (κ3) is 5.07. The van der Waals surface area contributed by atoms with Crippen molar-refractivity contribution in [3.63, 3.8) is 0 Å². The number of benzene rings is 1. The van der Waals surface area contributed by atoms with E-state index in [1.165, 1.54) is 18.2 Å². The lowest BCUT2D eigenvalue weighted by atomic mass is 10.2. The molecule has 1 aromatic carbocycles. The maximum Gasteiger partial charge on any atom is 0.286 e. The number of hydrogen-bond donors (Lipinski definition) is 4. The summed E-state index contributed by atoms with van der Waals surface area (Å²) in [6.07, 6.45) is 1.56. The third-order valence-electron chi connectivity index (χ3n) is 3.07. The number of hydrogen-bond acceptors (Lipinski definition) is 4. The Morgan fingerprint density at radius 2 is 1.81 bits per heavy atom. The maximum atomic E-state index is 12.3. The lowest BCUT2D eigenvalue weighted by Crippen LogP contribution is -2.42. The Kier molecular flexibility index (Phi) is 6.45. The van der Waals surface area contributed by atoms with Crippen molar-refractivity contribution in [1.82, 2.24) is 20.6 Å². The van der Waals surface area contributed by atoms with E-state index in [2.05, 4.69) is 36.5 Å². The number of H-pyrrole nitrogens is 1. The van der Waals surface area contributed by atoms with Crippen molar-refractivity contribution in [3.05, 3.63) is 51.2 Å². The molecule has 0 aliphatic rings. The molecule has 0 saturated carbocycles. The predicted molar refractivity (Wildman–Crippen MR) is 100 cm³/mol. The van der Waals surface area contributed by atoms with Crippen molar-refractivity contribution < 1.29 is 18.0 Å². The molecule has 0 bridgehead atoms. The van der Waals surface area contributed by atoms with Gasteiger partial charge in [0.15, 0.2) is 0 Å². The van der Waals surface area contributed by atoms with Crippen molar-refractivity contribution in [2.24, 2.45) is 0 Å². The quantitative estimate of drug-likeness (QED) is 0.508. The number of hydrazine groups is 1. The number of halogens is 2. The van der Waals surface area contributed by atoms with Gasteiger partial charge in [0.05, 0.1) is 15.5 Å². The summed E-state index contributed by atoms with van der Waals surface area (Å²) in [6.45, 7) is 3.35. The van der Waals surface area contributed by atoms with Crippen molar-refractivity contribution >= 4 is 49.4 Å². The van der Waals surface area contributed by atoms with Gasteiger partial charge in [-0.05, 0) is 54.0 Å². The van der Waals surface area contributed by atoms with E-state index in [0.717, 1.165) is 6.07 Å². The van der Waals surface area contributed by atoms with Gasteiger partial charge in [0, 0.05) is 16.7 Å². The Balaban J connectivity index is 2.15. The fraction of sp³-hybridized carbons (Fsp3) is 0.200. The molecule has 26 heavy (non-hydrogen) atoms. The van der Waals surface area contributed by atoms with Gasteiger partial charge in [-0.1, -0.05) is 11.6 Å². The molecule has 140 valence electrons. The van der Waals surface area contributed by atoms with Gasteiger partial charge in [0.25, 0.3) is 11.8 Å². The van der Waals surface area contributed by atoms with Crippen LogP contribution in [0.3, 0.4) is 0 Å². The van der Waals surface area contributed by atoms with E-state index in [1.807, 2.05) is 0 Å². The zero-order chi connectivity index (χ0) is 19.5. The van der Waals surface area contributed by atoms with Crippen LogP contribution < -0.4 is 15.6 Å². The van der Waals surface area contributed by atoms with Crippen LogP contribution in [0.1, 0.15) is 34.7 Å². The van der Waals surface area contributed by atoms with E-state index in [0.29, 0.717) is 4.47 Å². The van der Waals surface area contributed by atoms with Crippen LogP contribution in [-0.4, -0.2) is 31.3 Å². The molecule has 0 unspecified atom stereocenters. The van der Waals surface area contributed by atoms with Crippen LogP contribution in [0.2, 0.25) is 5.02 Å². The number of carbonyl (C=O) groups excluding carboxylic acids is 2. The molecule has 8 nitrogen and oxygen atoms in total. The number of nitrogens with one attached hydrogen (secondary N) is 4. The molecule has 0 aliphatic carbocycles. The van der Waals surface area contributed by atoms with E-state index in [1.54, 1.807) is 20.0 Å². The Labute approximate surface area is 163 Å².